The van der Waals surface area contributed by atoms with Crippen LogP contribution in [0.5, 0.6) is 0 Å². The molecule has 9 aromatic rings. The van der Waals surface area contributed by atoms with Crippen LogP contribution in [0, 0.1) is 0 Å². The highest BCUT2D eigenvalue weighted by Gasteiger charge is 2.36. The maximum Gasteiger partial charge on any atom is 0.160 e. The fraction of sp³-hybridized carbons (Fsp3) is 0.0400. The average Bonchev–Trinajstić information content (AvgIpc) is 3.57. The van der Waals surface area contributed by atoms with Crippen molar-refractivity contribution in [1.29, 1.82) is 0 Å². The van der Waals surface area contributed by atoms with Crippen LogP contribution in [0.3, 0.4) is 0 Å². The smallest absolute Gasteiger partial charge is 0.160 e. The Bertz CT molecular complexity index is 2960. The van der Waals surface area contributed by atoms with Gasteiger partial charge in [-0.3, -0.25) is 0 Å². The summed E-state index contributed by atoms with van der Waals surface area (Å²) in [6.07, 6.45) is 5.63. The van der Waals surface area contributed by atoms with Crippen LogP contribution in [0.25, 0.3) is 76.9 Å². The second-order valence-corrected chi connectivity index (χ2v) is 14.1. The fourth-order valence-electron chi connectivity index (χ4n) is 8.71. The molecule has 11 rings (SSSR count). The zero-order valence-corrected chi connectivity index (χ0v) is 28.9. The van der Waals surface area contributed by atoms with Crippen LogP contribution in [-0.2, 0) is 0 Å². The molecular weight excluding hydrogens is 643 g/mol. The molecule has 0 saturated carbocycles. The van der Waals surface area contributed by atoms with Crippen molar-refractivity contribution in [2.75, 3.05) is 4.90 Å². The van der Waals surface area contributed by atoms with Crippen LogP contribution >= 0.6 is 0 Å². The molecule has 3 heteroatoms. The maximum atomic E-state index is 5.36. The minimum Gasteiger partial charge on any atom is -0.333 e. The standard InChI is InChI=1S/C50H33N3/c1-2-15-36(16-3-1)53-47-24-11-9-21-42(47)45-31-34(26-28-48(45)53)49-43-22-8-10-23-46(43)51-50(52-49)35-14-12-13-32(29-35)33-25-27-41-39-19-5-4-17-37(39)38-18-6-7-20-40(38)44(41)30-33/h1-27,29-31,48H,28H2. The van der Waals surface area contributed by atoms with Crippen molar-refractivity contribution in [1.82, 2.24) is 9.97 Å². The van der Waals surface area contributed by atoms with E-state index in [0.29, 0.717) is 0 Å². The number of aromatic nitrogens is 2. The second kappa shape index (κ2) is 11.9. The van der Waals surface area contributed by atoms with Gasteiger partial charge >= 0.3 is 0 Å². The van der Waals surface area contributed by atoms with Crippen molar-refractivity contribution in [3.8, 4) is 22.5 Å². The number of nitrogens with zero attached hydrogens (tertiary/aromatic N) is 3. The minimum atomic E-state index is 0.236. The molecule has 2 heterocycles. The highest BCUT2D eigenvalue weighted by atomic mass is 15.2. The van der Waals surface area contributed by atoms with E-state index in [4.69, 9.17) is 9.97 Å². The number of hydrogen-bond acceptors (Lipinski definition) is 3. The summed E-state index contributed by atoms with van der Waals surface area (Å²) in [5.74, 6) is 0.733. The molecule has 2 aliphatic rings. The Morgan fingerprint density at radius 3 is 1.89 bits per heavy atom. The van der Waals surface area contributed by atoms with E-state index < -0.39 is 0 Å². The lowest BCUT2D eigenvalue weighted by atomic mass is 9.90. The van der Waals surface area contributed by atoms with Crippen molar-refractivity contribution in [2.24, 2.45) is 0 Å². The lowest BCUT2D eigenvalue weighted by Gasteiger charge is -2.29. The number of rotatable bonds is 4. The lowest BCUT2D eigenvalue weighted by molar-refractivity contribution is 0.831. The number of hydrogen-bond donors (Lipinski definition) is 0. The first kappa shape index (κ1) is 29.8. The van der Waals surface area contributed by atoms with E-state index in [1.807, 2.05) is 0 Å². The topological polar surface area (TPSA) is 29.0 Å². The normalized spacial score (nSPS) is 15.1. The van der Waals surface area contributed by atoms with Gasteiger partial charge in [0.05, 0.1) is 17.3 Å². The van der Waals surface area contributed by atoms with E-state index in [9.17, 15) is 0 Å². The van der Waals surface area contributed by atoms with Crippen LogP contribution in [0.2, 0.25) is 0 Å². The summed E-state index contributed by atoms with van der Waals surface area (Å²) in [6.45, 7) is 0. The first-order valence-electron chi connectivity index (χ1n) is 18.4. The van der Waals surface area contributed by atoms with Gasteiger partial charge in [0.2, 0.25) is 0 Å². The fourth-order valence-corrected chi connectivity index (χ4v) is 8.71. The van der Waals surface area contributed by atoms with Gasteiger partial charge in [-0.1, -0.05) is 140 Å². The third-order valence-electron chi connectivity index (χ3n) is 11.1. The second-order valence-electron chi connectivity index (χ2n) is 14.1. The predicted molar refractivity (Wildman–Crippen MR) is 222 cm³/mol. The number of allylic oxidation sites excluding steroid dienone is 2. The Morgan fingerprint density at radius 1 is 0.472 bits per heavy atom. The van der Waals surface area contributed by atoms with Crippen molar-refractivity contribution >= 4 is 65.7 Å². The van der Waals surface area contributed by atoms with E-state index in [2.05, 4.69) is 187 Å². The Hall–Kier alpha value is -6.84. The van der Waals surface area contributed by atoms with E-state index in [1.165, 1.54) is 60.4 Å². The summed E-state index contributed by atoms with van der Waals surface area (Å²) in [4.78, 5) is 13.0. The molecular formula is C50H33N3. The maximum absolute atomic E-state index is 5.36. The van der Waals surface area contributed by atoms with Crippen LogP contribution in [0.1, 0.15) is 17.7 Å². The van der Waals surface area contributed by atoms with Crippen LogP contribution < -0.4 is 4.90 Å². The van der Waals surface area contributed by atoms with Crippen molar-refractivity contribution in [2.45, 2.75) is 12.5 Å². The molecule has 8 aromatic carbocycles. The molecule has 0 spiro atoms. The summed E-state index contributed by atoms with van der Waals surface area (Å²) in [5.41, 5.74) is 11.5. The average molecular weight is 676 g/mol. The summed E-state index contributed by atoms with van der Waals surface area (Å²) in [5, 5.41) is 8.73. The molecule has 1 aliphatic heterocycles. The molecule has 0 bridgehead atoms. The van der Waals surface area contributed by atoms with Gasteiger partial charge in [0.25, 0.3) is 0 Å². The Kier molecular flexibility index (Phi) is 6.68. The first-order chi connectivity index (χ1) is 26.3. The van der Waals surface area contributed by atoms with Gasteiger partial charge in [0.15, 0.2) is 5.82 Å². The molecule has 0 N–H and O–H groups in total. The van der Waals surface area contributed by atoms with Gasteiger partial charge in [0, 0.05) is 27.9 Å². The largest absolute Gasteiger partial charge is 0.333 e. The molecule has 0 amide bonds. The van der Waals surface area contributed by atoms with Gasteiger partial charge < -0.3 is 4.90 Å². The number of para-hydroxylation sites is 3. The molecule has 0 radical (unpaired) electrons. The quantitative estimate of drug-likeness (QED) is 0.174. The third kappa shape index (κ3) is 4.74. The molecule has 3 nitrogen and oxygen atoms in total. The summed E-state index contributed by atoms with van der Waals surface area (Å²) in [7, 11) is 0. The molecule has 1 aliphatic carbocycles. The first-order valence-corrected chi connectivity index (χ1v) is 18.4. The van der Waals surface area contributed by atoms with Gasteiger partial charge in [-0.05, 0) is 103 Å². The SMILES string of the molecule is C1=C(c2nc(-c3cccc(-c4ccc5c6ccccc6c6ccccc6c5c4)c3)nc3ccccc23)C=C2c3ccccc3N(c3ccccc3)C2C1. The summed E-state index contributed by atoms with van der Waals surface area (Å²) >= 11 is 0. The molecule has 248 valence electrons. The van der Waals surface area contributed by atoms with Crippen molar-refractivity contribution in [3.63, 3.8) is 0 Å². The van der Waals surface area contributed by atoms with Gasteiger partial charge in [0.1, 0.15) is 0 Å². The van der Waals surface area contributed by atoms with Crippen LogP contribution in [0.4, 0.5) is 11.4 Å². The highest BCUT2D eigenvalue weighted by molar-refractivity contribution is 6.25. The van der Waals surface area contributed by atoms with Crippen molar-refractivity contribution in [3.05, 3.63) is 193 Å². The Morgan fingerprint density at radius 2 is 1.09 bits per heavy atom. The van der Waals surface area contributed by atoms with Crippen LogP contribution in [0.15, 0.2) is 182 Å². The highest BCUT2D eigenvalue weighted by Crippen LogP contribution is 2.49. The summed E-state index contributed by atoms with van der Waals surface area (Å²) in [6, 6.07) is 61.3. The zero-order chi connectivity index (χ0) is 34.9. The van der Waals surface area contributed by atoms with Crippen LogP contribution in [-0.4, -0.2) is 16.0 Å². The van der Waals surface area contributed by atoms with E-state index in [-0.39, 0.29) is 6.04 Å². The lowest BCUT2D eigenvalue weighted by Crippen LogP contribution is -2.27. The number of anilines is 2. The number of benzene rings is 8. The zero-order valence-electron chi connectivity index (χ0n) is 28.9. The summed E-state index contributed by atoms with van der Waals surface area (Å²) < 4.78 is 0. The van der Waals surface area contributed by atoms with E-state index in [1.54, 1.807) is 0 Å². The predicted octanol–water partition coefficient (Wildman–Crippen LogP) is 12.8. The molecule has 1 aromatic heterocycles. The molecule has 1 atom stereocenters. The van der Waals surface area contributed by atoms with Crippen molar-refractivity contribution < 1.29 is 0 Å². The van der Waals surface area contributed by atoms with E-state index >= 15 is 0 Å². The Balaban J connectivity index is 1.02. The van der Waals surface area contributed by atoms with Gasteiger partial charge in [-0.25, -0.2) is 9.97 Å². The minimum absolute atomic E-state index is 0.236. The monoisotopic (exact) mass is 675 g/mol. The third-order valence-corrected chi connectivity index (χ3v) is 11.1. The number of fused-ring (bicyclic) bond motifs is 10. The van der Waals surface area contributed by atoms with Gasteiger partial charge in [-0.2, -0.15) is 0 Å². The molecule has 0 fully saturated rings. The Labute approximate surface area is 307 Å². The molecule has 53 heavy (non-hydrogen) atoms. The molecule has 1 unspecified atom stereocenters. The van der Waals surface area contributed by atoms with Gasteiger partial charge in [-0.15, -0.1) is 0 Å². The molecule has 0 saturated heterocycles. The van der Waals surface area contributed by atoms with E-state index in [0.717, 1.165) is 45.5 Å².